The molecule has 0 spiro atoms. The summed E-state index contributed by atoms with van der Waals surface area (Å²) in [7, 11) is 0. The van der Waals surface area contributed by atoms with Crippen LogP contribution in [0.15, 0.2) is 54.9 Å². The van der Waals surface area contributed by atoms with Crippen LogP contribution in [-0.2, 0) is 6.54 Å². The van der Waals surface area contributed by atoms with E-state index < -0.39 is 0 Å². The monoisotopic (exact) mass is 269 g/mol. The summed E-state index contributed by atoms with van der Waals surface area (Å²) in [6, 6.07) is 14.7. The number of nitrogens with two attached hydrogens (primary N) is 1. The van der Waals surface area contributed by atoms with Crippen molar-refractivity contribution in [2.45, 2.75) is 32.5 Å². The van der Waals surface area contributed by atoms with Gasteiger partial charge < -0.3 is 5.73 Å². The van der Waals surface area contributed by atoms with Crippen molar-refractivity contribution < 1.29 is 0 Å². The van der Waals surface area contributed by atoms with Gasteiger partial charge >= 0.3 is 0 Å². The highest BCUT2D eigenvalue weighted by molar-refractivity contribution is 5.20. The van der Waals surface area contributed by atoms with E-state index in [1.165, 1.54) is 11.1 Å². The predicted octanol–water partition coefficient (Wildman–Crippen LogP) is 2.99. The Bertz CT molecular complexity index is 498. The van der Waals surface area contributed by atoms with E-state index in [2.05, 4.69) is 48.0 Å². The van der Waals surface area contributed by atoms with Gasteiger partial charge in [-0.15, -0.1) is 0 Å². The number of pyridine rings is 1. The molecule has 3 heteroatoms. The molecule has 0 radical (unpaired) electrons. The number of hydrogen-bond acceptors (Lipinski definition) is 3. The minimum absolute atomic E-state index is 0.0259. The lowest BCUT2D eigenvalue weighted by Crippen LogP contribution is -2.40. The maximum absolute atomic E-state index is 6.41. The Balaban J connectivity index is 2.07. The van der Waals surface area contributed by atoms with Gasteiger partial charge in [0, 0.05) is 31.0 Å². The van der Waals surface area contributed by atoms with Crippen molar-refractivity contribution in [2.75, 3.05) is 6.54 Å². The molecule has 0 amide bonds. The maximum Gasteiger partial charge on any atom is 0.0450 e. The highest BCUT2D eigenvalue weighted by Crippen LogP contribution is 2.19. The van der Waals surface area contributed by atoms with Crippen molar-refractivity contribution in [3.05, 3.63) is 66.0 Å². The first kappa shape index (κ1) is 14.7. The van der Waals surface area contributed by atoms with Crippen LogP contribution in [-0.4, -0.2) is 22.5 Å². The first-order valence-electron chi connectivity index (χ1n) is 7.16. The molecule has 0 saturated heterocycles. The van der Waals surface area contributed by atoms with Gasteiger partial charge in [-0.2, -0.15) is 0 Å². The van der Waals surface area contributed by atoms with Crippen molar-refractivity contribution in [1.29, 1.82) is 0 Å². The van der Waals surface area contributed by atoms with Gasteiger partial charge in [-0.3, -0.25) is 9.88 Å². The topological polar surface area (TPSA) is 42.2 Å². The Hall–Kier alpha value is -1.71. The molecule has 2 atom stereocenters. The molecule has 106 valence electrons. The lowest BCUT2D eigenvalue weighted by molar-refractivity contribution is 0.185. The second-order valence-corrected chi connectivity index (χ2v) is 5.10. The van der Waals surface area contributed by atoms with Gasteiger partial charge in [0.2, 0.25) is 0 Å². The number of hydrogen-bond donors (Lipinski definition) is 1. The number of benzene rings is 1. The molecule has 0 bridgehead atoms. The average molecular weight is 269 g/mol. The summed E-state index contributed by atoms with van der Waals surface area (Å²) in [5.41, 5.74) is 8.87. The molecule has 2 unspecified atom stereocenters. The van der Waals surface area contributed by atoms with Crippen LogP contribution >= 0.6 is 0 Å². The van der Waals surface area contributed by atoms with Crippen LogP contribution in [0, 0.1) is 0 Å². The van der Waals surface area contributed by atoms with Crippen molar-refractivity contribution in [2.24, 2.45) is 5.73 Å². The largest absolute Gasteiger partial charge is 0.323 e. The molecule has 0 aliphatic rings. The van der Waals surface area contributed by atoms with Crippen LogP contribution in [0.5, 0.6) is 0 Å². The normalized spacial score (nSPS) is 14.2. The first-order chi connectivity index (χ1) is 9.72. The molecule has 3 nitrogen and oxygen atoms in total. The lowest BCUT2D eigenvalue weighted by atomic mass is 10.00. The molecule has 1 heterocycles. The van der Waals surface area contributed by atoms with Crippen molar-refractivity contribution in [3.63, 3.8) is 0 Å². The fraction of sp³-hybridized carbons (Fsp3) is 0.353. The van der Waals surface area contributed by atoms with Crippen molar-refractivity contribution in [1.82, 2.24) is 9.88 Å². The summed E-state index contributed by atoms with van der Waals surface area (Å²) in [5, 5.41) is 0. The van der Waals surface area contributed by atoms with Crippen LogP contribution in [0.2, 0.25) is 0 Å². The first-order valence-corrected chi connectivity index (χ1v) is 7.16. The third-order valence-electron chi connectivity index (χ3n) is 3.82. The fourth-order valence-corrected chi connectivity index (χ4v) is 2.45. The summed E-state index contributed by atoms with van der Waals surface area (Å²) in [6.45, 7) is 6.25. The van der Waals surface area contributed by atoms with Crippen molar-refractivity contribution >= 4 is 0 Å². The quantitative estimate of drug-likeness (QED) is 0.876. The summed E-state index contributed by atoms with van der Waals surface area (Å²) in [4.78, 5) is 6.46. The van der Waals surface area contributed by atoms with Gasteiger partial charge in [-0.05, 0) is 36.7 Å². The van der Waals surface area contributed by atoms with Gasteiger partial charge in [0.1, 0.15) is 0 Å². The molecular formula is C17H23N3. The molecule has 0 fully saturated rings. The Morgan fingerprint density at radius 1 is 1.10 bits per heavy atom. The van der Waals surface area contributed by atoms with Gasteiger partial charge in [0.25, 0.3) is 0 Å². The second-order valence-electron chi connectivity index (χ2n) is 5.10. The Morgan fingerprint density at radius 2 is 1.75 bits per heavy atom. The molecular weight excluding hydrogens is 246 g/mol. The summed E-state index contributed by atoms with van der Waals surface area (Å²) in [6.07, 6.45) is 3.68. The zero-order valence-electron chi connectivity index (χ0n) is 12.2. The maximum atomic E-state index is 6.41. The zero-order chi connectivity index (χ0) is 14.4. The molecule has 1 aromatic heterocycles. The van der Waals surface area contributed by atoms with Crippen LogP contribution in [0.4, 0.5) is 0 Å². The van der Waals surface area contributed by atoms with E-state index in [4.69, 9.17) is 5.73 Å². The zero-order valence-corrected chi connectivity index (χ0v) is 12.2. The molecule has 0 saturated carbocycles. The van der Waals surface area contributed by atoms with Gasteiger partial charge in [-0.25, -0.2) is 0 Å². The Kier molecular flexibility index (Phi) is 5.27. The number of aromatic nitrogens is 1. The fourth-order valence-electron chi connectivity index (χ4n) is 2.45. The highest BCUT2D eigenvalue weighted by atomic mass is 15.2. The van der Waals surface area contributed by atoms with E-state index in [9.17, 15) is 0 Å². The van der Waals surface area contributed by atoms with Crippen LogP contribution in [0.25, 0.3) is 0 Å². The smallest absolute Gasteiger partial charge is 0.0450 e. The number of nitrogens with zero attached hydrogens (tertiary/aromatic N) is 2. The summed E-state index contributed by atoms with van der Waals surface area (Å²) in [5.74, 6) is 0. The van der Waals surface area contributed by atoms with Gasteiger partial charge in [0.15, 0.2) is 0 Å². The minimum Gasteiger partial charge on any atom is -0.323 e. The molecule has 2 rings (SSSR count). The Morgan fingerprint density at radius 3 is 2.35 bits per heavy atom. The second kappa shape index (κ2) is 7.17. The third-order valence-corrected chi connectivity index (χ3v) is 3.82. The lowest BCUT2D eigenvalue weighted by Gasteiger charge is -2.32. The SMILES string of the molecule is CCN(Cc1ccncc1)C(C)C(N)c1ccccc1. The predicted molar refractivity (Wildman–Crippen MR) is 83.2 cm³/mol. The van der Waals surface area contributed by atoms with E-state index in [1.807, 2.05) is 30.6 Å². The number of rotatable bonds is 6. The highest BCUT2D eigenvalue weighted by Gasteiger charge is 2.20. The molecule has 2 N–H and O–H groups in total. The van der Waals surface area contributed by atoms with Crippen LogP contribution in [0.3, 0.4) is 0 Å². The van der Waals surface area contributed by atoms with E-state index in [0.29, 0.717) is 0 Å². The third kappa shape index (κ3) is 3.65. The molecule has 2 aromatic rings. The van der Waals surface area contributed by atoms with E-state index in [1.54, 1.807) is 0 Å². The standard InChI is InChI=1S/C17H23N3/c1-3-20(13-15-9-11-19-12-10-15)14(2)17(18)16-7-5-4-6-8-16/h4-12,14,17H,3,13,18H2,1-2H3. The molecule has 0 aliphatic heterocycles. The van der Waals surface area contributed by atoms with Gasteiger partial charge in [-0.1, -0.05) is 37.3 Å². The minimum atomic E-state index is 0.0259. The number of likely N-dealkylation sites (N-methyl/N-ethyl adjacent to an activating group) is 1. The van der Waals surface area contributed by atoms with Crippen LogP contribution < -0.4 is 5.73 Å². The summed E-state index contributed by atoms with van der Waals surface area (Å²) >= 11 is 0. The average Bonchev–Trinajstić information content (AvgIpc) is 2.53. The molecule has 1 aromatic carbocycles. The van der Waals surface area contributed by atoms with E-state index >= 15 is 0 Å². The van der Waals surface area contributed by atoms with Crippen LogP contribution in [0.1, 0.15) is 31.0 Å². The van der Waals surface area contributed by atoms with E-state index in [-0.39, 0.29) is 12.1 Å². The molecule has 20 heavy (non-hydrogen) atoms. The van der Waals surface area contributed by atoms with Gasteiger partial charge in [0.05, 0.1) is 0 Å². The van der Waals surface area contributed by atoms with Crippen molar-refractivity contribution in [3.8, 4) is 0 Å². The Labute approximate surface area is 121 Å². The van der Waals surface area contributed by atoms with E-state index in [0.717, 1.165) is 13.1 Å². The summed E-state index contributed by atoms with van der Waals surface area (Å²) < 4.78 is 0. The molecule has 0 aliphatic carbocycles.